The summed E-state index contributed by atoms with van der Waals surface area (Å²) in [5.41, 5.74) is 6.58. The molecular formula is C12H19BrFN3. The second-order valence-corrected chi connectivity index (χ2v) is 5.81. The molecule has 1 fully saturated rings. The van der Waals surface area contributed by atoms with Crippen molar-refractivity contribution >= 4 is 15.9 Å². The molecule has 0 amide bonds. The van der Waals surface area contributed by atoms with E-state index < -0.39 is 5.67 Å². The summed E-state index contributed by atoms with van der Waals surface area (Å²) in [4.78, 5) is 0. The van der Waals surface area contributed by atoms with Gasteiger partial charge in [-0.3, -0.25) is 4.68 Å². The lowest BCUT2D eigenvalue weighted by Gasteiger charge is -2.19. The first kappa shape index (κ1) is 13.0. The van der Waals surface area contributed by atoms with Gasteiger partial charge < -0.3 is 5.73 Å². The number of hydrogen-bond acceptors (Lipinski definition) is 2. The first-order valence-electron chi connectivity index (χ1n) is 6.10. The molecule has 0 bridgehead atoms. The molecule has 1 heterocycles. The fraction of sp³-hybridized carbons (Fsp3) is 0.750. The molecule has 2 rings (SSSR count). The maximum absolute atomic E-state index is 14.6. The molecule has 0 saturated heterocycles. The van der Waals surface area contributed by atoms with E-state index in [9.17, 15) is 4.39 Å². The number of aryl methyl sites for hydroxylation is 2. The van der Waals surface area contributed by atoms with E-state index >= 15 is 0 Å². The first-order valence-corrected chi connectivity index (χ1v) is 6.89. The van der Waals surface area contributed by atoms with Crippen molar-refractivity contribution in [1.82, 2.24) is 9.78 Å². The highest BCUT2D eigenvalue weighted by atomic mass is 79.9. The number of alkyl halides is 1. The second-order valence-electron chi connectivity index (χ2n) is 5.02. The van der Waals surface area contributed by atoms with Crippen LogP contribution in [0.2, 0.25) is 0 Å². The maximum Gasteiger partial charge on any atom is 0.118 e. The average molecular weight is 304 g/mol. The molecule has 1 saturated carbocycles. The Kier molecular flexibility index (Phi) is 3.59. The summed E-state index contributed by atoms with van der Waals surface area (Å²) >= 11 is 3.53. The van der Waals surface area contributed by atoms with Crippen molar-refractivity contribution in [3.05, 3.63) is 15.9 Å². The number of hydrogen-bond donors (Lipinski definition) is 1. The van der Waals surface area contributed by atoms with Crippen LogP contribution >= 0.6 is 15.9 Å². The topological polar surface area (TPSA) is 43.8 Å². The highest BCUT2D eigenvalue weighted by Crippen LogP contribution is 2.37. The number of nitrogens with two attached hydrogens (primary N) is 1. The van der Waals surface area contributed by atoms with Crippen LogP contribution in [0.3, 0.4) is 0 Å². The normalized spacial score (nSPS) is 28.9. The first-order chi connectivity index (χ1) is 7.95. The third kappa shape index (κ3) is 2.55. The van der Waals surface area contributed by atoms with Crippen molar-refractivity contribution in [3.8, 4) is 0 Å². The smallest absolute Gasteiger partial charge is 0.118 e. The van der Waals surface area contributed by atoms with Gasteiger partial charge in [-0.05, 0) is 41.6 Å². The van der Waals surface area contributed by atoms with E-state index in [1.165, 1.54) is 0 Å². The molecule has 0 aliphatic heterocycles. The fourth-order valence-corrected chi connectivity index (χ4v) is 3.35. The van der Waals surface area contributed by atoms with Crippen molar-refractivity contribution in [2.24, 2.45) is 12.8 Å². The molecule has 5 heteroatoms. The van der Waals surface area contributed by atoms with Gasteiger partial charge in [0.2, 0.25) is 0 Å². The quantitative estimate of drug-likeness (QED) is 0.932. The lowest BCUT2D eigenvalue weighted by molar-refractivity contribution is 0.167. The summed E-state index contributed by atoms with van der Waals surface area (Å²) in [5, 5.41) is 4.39. The molecule has 1 aromatic heterocycles. The van der Waals surface area contributed by atoms with E-state index in [4.69, 9.17) is 5.73 Å². The minimum atomic E-state index is -1.15. The molecule has 3 nitrogen and oxygen atoms in total. The van der Waals surface area contributed by atoms with Crippen LogP contribution < -0.4 is 5.73 Å². The van der Waals surface area contributed by atoms with Gasteiger partial charge in [0, 0.05) is 19.5 Å². The van der Waals surface area contributed by atoms with Gasteiger partial charge in [0.25, 0.3) is 0 Å². The summed E-state index contributed by atoms with van der Waals surface area (Å²) in [7, 11) is 1.87. The van der Waals surface area contributed by atoms with Crippen molar-refractivity contribution in [2.45, 2.75) is 50.7 Å². The summed E-state index contributed by atoms with van der Waals surface area (Å²) in [5.74, 6) is 0. The Hall–Kier alpha value is -0.420. The Morgan fingerprint density at radius 2 is 2.35 bits per heavy atom. The van der Waals surface area contributed by atoms with Crippen molar-refractivity contribution in [2.75, 3.05) is 0 Å². The van der Waals surface area contributed by atoms with E-state index in [0.29, 0.717) is 19.3 Å². The molecule has 2 atom stereocenters. The van der Waals surface area contributed by atoms with Crippen molar-refractivity contribution < 1.29 is 4.39 Å². The SMILES string of the molecule is CCc1nn(C)c(CC2(F)CCC(N)C2)c1Br. The Morgan fingerprint density at radius 3 is 2.82 bits per heavy atom. The van der Waals surface area contributed by atoms with Crippen LogP contribution in [0.25, 0.3) is 0 Å². The molecule has 0 spiro atoms. The zero-order chi connectivity index (χ0) is 12.6. The lowest BCUT2D eigenvalue weighted by Crippen LogP contribution is -2.26. The van der Waals surface area contributed by atoms with E-state index in [0.717, 1.165) is 28.7 Å². The van der Waals surface area contributed by atoms with Gasteiger partial charge in [-0.25, -0.2) is 4.39 Å². The standard InChI is InChI=1S/C12H19BrFN3/c1-3-9-11(13)10(17(2)16-9)7-12(14)5-4-8(15)6-12/h8H,3-7,15H2,1-2H3. The molecule has 1 aliphatic carbocycles. The molecule has 0 radical (unpaired) electrons. The predicted octanol–water partition coefficient (Wildman–Crippen LogP) is 2.51. The third-order valence-corrected chi connectivity index (χ3v) is 4.49. The van der Waals surface area contributed by atoms with Gasteiger partial charge in [0.05, 0.1) is 15.9 Å². The van der Waals surface area contributed by atoms with E-state index in [-0.39, 0.29) is 6.04 Å². The van der Waals surface area contributed by atoms with Crippen LogP contribution in [0.1, 0.15) is 37.6 Å². The number of aromatic nitrogens is 2. The predicted molar refractivity (Wildman–Crippen MR) is 69.7 cm³/mol. The summed E-state index contributed by atoms with van der Waals surface area (Å²) < 4.78 is 17.3. The highest BCUT2D eigenvalue weighted by molar-refractivity contribution is 9.10. The average Bonchev–Trinajstić information content (AvgIpc) is 2.73. The van der Waals surface area contributed by atoms with E-state index in [2.05, 4.69) is 21.0 Å². The minimum Gasteiger partial charge on any atom is -0.328 e. The fourth-order valence-electron chi connectivity index (χ4n) is 2.59. The van der Waals surface area contributed by atoms with Crippen LogP contribution in [0.5, 0.6) is 0 Å². The van der Waals surface area contributed by atoms with E-state index in [1.54, 1.807) is 4.68 Å². The largest absolute Gasteiger partial charge is 0.328 e. The molecule has 2 unspecified atom stereocenters. The highest BCUT2D eigenvalue weighted by Gasteiger charge is 2.39. The molecule has 96 valence electrons. The Morgan fingerprint density at radius 1 is 1.65 bits per heavy atom. The van der Waals surface area contributed by atoms with Crippen LogP contribution in [0.4, 0.5) is 4.39 Å². The van der Waals surface area contributed by atoms with Gasteiger partial charge >= 0.3 is 0 Å². The van der Waals surface area contributed by atoms with Gasteiger partial charge in [-0.1, -0.05) is 6.92 Å². The molecule has 17 heavy (non-hydrogen) atoms. The van der Waals surface area contributed by atoms with E-state index in [1.807, 2.05) is 14.0 Å². The second kappa shape index (κ2) is 4.69. The molecule has 0 aromatic carbocycles. The van der Waals surface area contributed by atoms with Crippen LogP contribution in [-0.2, 0) is 19.9 Å². The number of rotatable bonds is 3. The molecular weight excluding hydrogens is 285 g/mol. The lowest BCUT2D eigenvalue weighted by atomic mass is 9.97. The van der Waals surface area contributed by atoms with Crippen molar-refractivity contribution in [3.63, 3.8) is 0 Å². The van der Waals surface area contributed by atoms with Crippen LogP contribution in [0, 0.1) is 0 Å². The Labute approximate surface area is 110 Å². The molecule has 1 aromatic rings. The summed E-state index contributed by atoms with van der Waals surface area (Å²) in [6.45, 7) is 2.05. The molecule has 2 N–H and O–H groups in total. The van der Waals surface area contributed by atoms with Gasteiger partial charge in [-0.2, -0.15) is 5.10 Å². The zero-order valence-corrected chi connectivity index (χ0v) is 11.9. The third-order valence-electron chi connectivity index (χ3n) is 3.58. The summed E-state index contributed by atoms with van der Waals surface area (Å²) in [6, 6.07) is 0.0117. The Bertz CT molecular complexity index is 418. The molecule has 1 aliphatic rings. The number of nitrogens with zero attached hydrogens (tertiary/aromatic N) is 2. The van der Waals surface area contributed by atoms with Gasteiger partial charge in [-0.15, -0.1) is 0 Å². The Balaban J connectivity index is 2.21. The van der Waals surface area contributed by atoms with Gasteiger partial charge in [0.1, 0.15) is 5.67 Å². The van der Waals surface area contributed by atoms with Crippen molar-refractivity contribution in [1.29, 1.82) is 0 Å². The monoisotopic (exact) mass is 303 g/mol. The summed E-state index contributed by atoms with van der Waals surface area (Å²) in [6.07, 6.45) is 3.07. The number of halogens is 2. The minimum absolute atomic E-state index is 0.0117. The zero-order valence-electron chi connectivity index (χ0n) is 10.3. The van der Waals surface area contributed by atoms with Gasteiger partial charge in [0.15, 0.2) is 0 Å². The maximum atomic E-state index is 14.6. The van der Waals surface area contributed by atoms with Crippen LogP contribution in [0.15, 0.2) is 4.47 Å². The van der Waals surface area contributed by atoms with Crippen LogP contribution in [-0.4, -0.2) is 21.5 Å².